The van der Waals surface area contributed by atoms with E-state index in [-0.39, 0.29) is 11.4 Å². The Kier molecular flexibility index (Phi) is 5.69. The van der Waals surface area contributed by atoms with Crippen molar-refractivity contribution in [2.24, 2.45) is 0 Å². The van der Waals surface area contributed by atoms with E-state index in [1.165, 1.54) is 10.4 Å². The van der Waals surface area contributed by atoms with Crippen molar-refractivity contribution in [3.63, 3.8) is 0 Å². The molecule has 0 bridgehead atoms. The molecule has 0 amide bonds. The number of hydrogen-bond donors (Lipinski definition) is 0. The topological polar surface area (TPSA) is 83.3 Å². The number of thiophene rings is 1. The zero-order valence-corrected chi connectivity index (χ0v) is 17.5. The lowest BCUT2D eigenvalue weighted by Gasteiger charge is -2.47. The van der Waals surface area contributed by atoms with Crippen LogP contribution in [-0.2, 0) is 40.9 Å². The Morgan fingerprint density at radius 3 is 3.19 bits per heavy atom. The molecule has 0 radical (unpaired) electrons. The van der Waals surface area contributed by atoms with Crippen LogP contribution in [0.15, 0.2) is 12.3 Å². The lowest BCUT2D eigenvalue weighted by Crippen LogP contribution is -2.50. The Hall–Kier alpha value is -0.840. The fraction of sp³-hybridized carbons (Fsp3) is 0.647. The number of rotatable bonds is 5. The summed E-state index contributed by atoms with van der Waals surface area (Å²) in [5.41, 5.74) is 1.92. The first-order chi connectivity index (χ1) is 12.9. The van der Waals surface area contributed by atoms with E-state index in [2.05, 4.69) is 28.2 Å². The Bertz CT molecular complexity index is 842. The molecule has 4 heterocycles. The van der Waals surface area contributed by atoms with Crippen LogP contribution in [0, 0.1) is 0 Å². The van der Waals surface area contributed by atoms with Crippen LogP contribution in [0.25, 0.3) is 0 Å². The van der Waals surface area contributed by atoms with Crippen LogP contribution in [0.2, 0.25) is 4.34 Å². The summed E-state index contributed by atoms with van der Waals surface area (Å²) in [4.78, 5) is 3.75. The molecule has 7 nitrogen and oxygen atoms in total. The molecule has 2 aliphatic heterocycles. The van der Waals surface area contributed by atoms with Crippen molar-refractivity contribution in [3.05, 3.63) is 32.7 Å². The van der Waals surface area contributed by atoms with E-state index >= 15 is 0 Å². The highest BCUT2D eigenvalue weighted by molar-refractivity contribution is 7.79. The molecule has 1 fully saturated rings. The van der Waals surface area contributed by atoms with Crippen LogP contribution in [0.4, 0.5) is 0 Å². The van der Waals surface area contributed by atoms with Gasteiger partial charge in [-0.15, -0.1) is 16.4 Å². The number of likely N-dealkylation sites (tertiary alicyclic amines) is 1. The Labute approximate surface area is 169 Å². The van der Waals surface area contributed by atoms with Gasteiger partial charge in [0.25, 0.3) is 0 Å². The Balaban J connectivity index is 1.42. The van der Waals surface area contributed by atoms with Crippen molar-refractivity contribution in [3.8, 4) is 0 Å². The summed E-state index contributed by atoms with van der Waals surface area (Å²) in [6.07, 6.45) is 4.64. The van der Waals surface area contributed by atoms with E-state index in [0.717, 1.165) is 42.4 Å². The standard InChI is InChI=1S/C17H23ClN4O3S2/c1-12-9-17(14-8-16(18)26-15(14)2-6-25-17)3-4-21(12)10-13-11-22(20-19-13)5-7-27(23)24/h8,11-12H,2-7,9-10H2,1H3,(H,23,24)/p-1/t12-,17+/m0/s1. The molecule has 2 aliphatic rings. The van der Waals surface area contributed by atoms with Gasteiger partial charge in [0.2, 0.25) is 0 Å². The van der Waals surface area contributed by atoms with Gasteiger partial charge in [-0.1, -0.05) is 27.9 Å². The summed E-state index contributed by atoms with van der Waals surface area (Å²) in [7, 11) is 0. The number of piperidine rings is 1. The van der Waals surface area contributed by atoms with E-state index in [1.54, 1.807) is 16.0 Å². The average molecular weight is 430 g/mol. The lowest BCUT2D eigenvalue weighted by molar-refractivity contribution is -0.112. The van der Waals surface area contributed by atoms with Crippen molar-refractivity contribution in [2.75, 3.05) is 18.9 Å². The molecule has 27 heavy (non-hydrogen) atoms. The molecule has 2 aromatic heterocycles. The zero-order valence-electron chi connectivity index (χ0n) is 15.1. The second-order valence-corrected chi connectivity index (χ2v) is 10.0. The van der Waals surface area contributed by atoms with Crippen molar-refractivity contribution in [2.45, 2.75) is 50.9 Å². The summed E-state index contributed by atoms with van der Waals surface area (Å²) < 4.78 is 30.1. The molecule has 10 heteroatoms. The normalized spacial score (nSPS) is 27.0. The number of aryl methyl sites for hydroxylation is 1. The minimum absolute atomic E-state index is 0.0499. The quantitative estimate of drug-likeness (QED) is 0.678. The number of ether oxygens (including phenoxy) is 1. The highest BCUT2D eigenvalue weighted by Gasteiger charge is 2.44. The van der Waals surface area contributed by atoms with Crippen LogP contribution < -0.4 is 0 Å². The number of halogens is 1. The van der Waals surface area contributed by atoms with Crippen molar-refractivity contribution in [1.82, 2.24) is 19.9 Å². The minimum Gasteiger partial charge on any atom is -0.772 e. The van der Waals surface area contributed by atoms with Crippen LogP contribution in [0.3, 0.4) is 0 Å². The third kappa shape index (κ3) is 4.13. The molecule has 0 N–H and O–H groups in total. The molecule has 3 atom stereocenters. The molecule has 1 unspecified atom stereocenters. The summed E-state index contributed by atoms with van der Waals surface area (Å²) in [5, 5.41) is 8.21. The Morgan fingerprint density at radius 1 is 1.56 bits per heavy atom. The van der Waals surface area contributed by atoms with Gasteiger partial charge in [0.15, 0.2) is 0 Å². The summed E-state index contributed by atoms with van der Waals surface area (Å²) >= 11 is 5.89. The van der Waals surface area contributed by atoms with Gasteiger partial charge in [0.05, 0.1) is 28.8 Å². The van der Waals surface area contributed by atoms with Crippen LogP contribution in [0.1, 0.15) is 35.9 Å². The molecule has 1 saturated heterocycles. The van der Waals surface area contributed by atoms with Gasteiger partial charge in [0, 0.05) is 42.4 Å². The summed E-state index contributed by atoms with van der Waals surface area (Å²) in [6, 6.07) is 2.43. The first-order valence-corrected chi connectivity index (χ1v) is 11.5. The molecular formula is C17H22ClN4O3S2-. The van der Waals surface area contributed by atoms with E-state index in [4.69, 9.17) is 16.3 Å². The molecule has 0 saturated carbocycles. The van der Waals surface area contributed by atoms with Crippen molar-refractivity contribution >= 4 is 34.0 Å². The maximum absolute atomic E-state index is 10.7. The number of aromatic nitrogens is 3. The molecule has 2 aromatic rings. The van der Waals surface area contributed by atoms with E-state index < -0.39 is 11.1 Å². The van der Waals surface area contributed by atoms with E-state index in [1.807, 2.05) is 6.20 Å². The first-order valence-electron chi connectivity index (χ1n) is 9.07. The lowest BCUT2D eigenvalue weighted by atomic mass is 9.79. The van der Waals surface area contributed by atoms with Crippen molar-refractivity contribution < 1.29 is 13.5 Å². The van der Waals surface area contributed by atoms with E-state index in [0.29, 0.717) is 19.1 Å². The van der Waals surface area contributed by atoms with Crippen molar-refractivity contribution in [1.29, 1.82) is 0 Å². The predicted molar refractivity (Wildman–Crippen MR) is 104 cm³/mol. The SMILES string of the molecule is C[C@H]1C[C@@]2(CCN1Cc1cn(CCS(=O)[O-])nn1)OCCc1sc(Cl)cc12. The minimum atomic E-state index is -2.06. The van der Waals surface area contributed by atoms with Gasteiger partial charge in [-0.2, -0.15) is 0 Å². The fourth-order valence-electron chi connectivity index (χ4n) is 4.14. The molecule has 0 aliphatic carbocycles. The highest BCUT2D eigenvalue weighted by atomic mass is 35.5. The number of fused-ring (bicyclic) bond motifs is 2. The first kappa shape index (κ1) is 19.5. The Morgan fingerprint density at radius 2 is 2.41 bits per heavy atom. The summed E-state index contributed by atoms with van der Waals surface area (Å²) in [6.45, 7) is 4.92. The molecule has 0 aromatic carbocycles. The largest absolute Gasteiger partial charge is 0.772 e. The summed E-state index contributed by atoms with van der Waals surface area (Å²) in [5.74, 6) is 0.0499. The number of nitrogens with zero attached hydrogens (tertiary/aromatic N) is 4. The predicted octanol–water partition coefficient (Wildman–Crippen LogP) is 2.32. The van der Waals surface area contributed by atoms with Crippen LogP contribution in [-0.4, -0.2) is 53.6 Å². The van der Waals surface area contributed by atoms with Gasteiger partial charge in [0.1, 0.15) is 0 Å². The smallest absolute Gasteiger partial charge is 0.0969 e. The van der Waals surface area contributed by atoms with Crippen LogP contribution >= 0.6 is 22.9 Å². The monoisotopic (exact) mass is 429 g/mol. The average Bonchev–Trinajstić information content (AvgIpc) is 3.22. The van der Waals surface area contributed by atoms with Gasteiger partial charge in [-0.3, -0.25) is 13.8 Å². The fourth-order valence-corrected chi connectivity index (χ4v) is 5.82. The third-order valence-electron chi connectivity index (χ3n) is 5.47. The van der Waals surface area contributed by atoms with E-state index in [9.17, 15) is 8.76 Å². The maximum atomic E-state index is 10.7. The maximum Gasteiger partial charge on any atom is 0.0969 e. The van der Waals surface area contributed by atoms with Gasteiger partial charge >= 0.3 is 0 Å². The number of hydrogen-bond acceptors (Lipinski definition) is 7. The van der Waals surface area contributed by atoms with Crippen LogP contribution in [0.5, 0.6) is 0 Å². The second kappa shape index (κ2) is 7.88. The molecular weight excluding hydrogens is 408 g/mol. The molecule has 4 rings (SSSR count). The van der Waals surface area contributed by atoms with Gasteiger partial charge < -0.3 is 9.29 Å². The van der Waals surface area contributed by atoms with Gasteiger partial charge in [-0.05, 0) is 31.4 Å². The van der Waals surface area contributed by atoms with Gasteiger partial charge in [-0.25, -0.2) is 0 Å². The second-order valence-electron chi connectivity index (χ2n) is 7.23. The molecule has 1 spiro atoms. The molecule has 148 valence electrons. The zero-order chi connectivity index (χ0) is 19.0. The third-order valence-corrected chi connectivity index (χ3v) is 7.31. The highest BCUT2D eigenvalue weighted by Crippen LogP contribution is 2.47.